The van der Waals surface area contributed by atoms with Crippen LogP contribution in [0.3, 0.4) is 0 Å². The van der Waals surface area contributed by atoms with Crippen LogP contribution in [0.15, 0.2) is 11.2 Å². The average Bonchev–Trinajstić information content (AvgIpc) is 2.99. The number of unbranched alkanes of at least 4 members (excludes halogenated alkanes) is 1. The number of hydrogen-bond acceptors (Lipinski definition) is 6. The monoisotopic (exact) mass is 323 g/mol. The third-order valence-electron chi connectivity index (χ3n) is 3.03. The van der Waals surface area contributed by atoms with Gasteiger partial charge in [-0.2, -0.15) is 5.10 Å². The van der Waals surface area contributed by atoms with Crippen molar-refractivity contribution in [3.8, 4) is 5.95 Å². The molecule has 1 amide bonds. The Hall–Kier alpha value is -2.03. The number of aryl methyl sites for hydroxylation is 2. The van der Waals surface area contributed by atoms with Gasteiger partial charge in [0.2, 0.25) is 11.1 Å². The first-order valence-electron chi connectivity index (χ1n) is 7.16. The van der Waals surface area contributed by atoms with E-state index in [0.29, 0.717) is 17.6 Å². The van der Waals surface area contributed by atoms with Crippen LogP contribution in [0.25, 0.3) is 5.95 Å². The first kappa shape index (κ1) is 16.3. The predicted octanol–water partition coefficient (Wildman–Crippen LogP) is 0.803. The zero-order chi connectivity index (χ0) is 16.1. The number of nitrogens with one attached hydrogen (secondary N) is 1. The normalized spacial score (nSPS) is 10.9. The van der Waals surface area contributed by atoms with E-state index in [9.17, 15) is 4.79 Å². The molecule has 0 aliphatic heterocycles. The van der Waals surface area contributed by atoms with E-state index < -0.39 is 0 Å². The Labute approximate surface area is 133 Å². The van der Waals surface area contributed by atoms with Crippen LogP contribution in [-0.2, 0) is 4.79 Å². The highest BCUT2D eigenvalue weighted by Gasteiger charge is 2.15. The van der Waals surface area contributed by atoms with Gasteiger partial charge in [-0.25, -0.2) is 9.36 Å². The summed E-state index contributed by atoms with van der Waals surface area (Å²) in [6.45, 7) is 6.60. The summed E-state index contributed by atoms with van der Waals surface area (Å²) in [5, 5.41) is 15.7. The Morgan fingerprint density at radius 1 is 1.41 bits per heavy atom. The highest BCUT2D eigenvalue weighted by atomic mass is 32.2. The minimum absolute atomic E-state index is 0.0332. The molecule has 3 N–H and O–H groups in total. The summed E-state index contributed by atoms with van der Waals surface area (Å²) < 4.78 is 2.98. The zero-order valence-corrected chi connectivity index (χ0v) is 13.9. The van der Waals surface area contributed by atoms with Crippen LogP contribution in [0.5, 0.6) is 0 Å². The lowest BCUT2D eigenvalue weighted by atomic mass is 10.3. The van der Waals surface area contributed by atoms with Gasteiger partial charge in [0, 0.05) is 12.2 Å². The minimum Gasteiger partial charge on any atom is -0.355 e. The van der Waals surface area contributed by atoms with Crippen LogP contribution in [0.1, 0.15) is 31.2 Å². The van der Waals surface area contributed by atoms with Crippen LogP contribution < -0.4 is 11.2 Å². The maximum atomic E-state index is 11.7. The second-order valence-corrected chi connectivity index (χ2v) is 5.93. The maximum Gasteiger partial charge on any atom is 0.271 e. The van der Waals surface area contributed by atoms with E-state index in [1.807, 2.05) is 19.9 Å². The molecular formula is C13H21N7OS. The fourth-order valence-corrected chi connectivity index (χ4v) is 2.61. The summed E-state index contributed by atoms with van der Waals surface area (Å²) in [6.07, 6.45) is 2.03. The lowest BCUT2D eigenvalue weighted by molar-refractivity contribution is -0.118. The second kappa shape index (κ2) is 7.30. The maximum absolute atomic E-state index is 11.7. The standard InChI is InChI=1S/C13H21N7OS/c1-4-5-6-15-11(21)8-22-13-17-16-12(19(13)14)20-10(3)7-9(2)18-20/h7H,4-6,8,14H2,1-3H3,(H,15,21). The van der Waals surface area contributed by atoms with Crippen molar-refractivity contribution in [1.82, 2.24) is 30.0 Å². The van der Waals surface area contributed by atoms with Gasteiger partial charge in [-0.15, -0.1) is 10.2 Å². The Morgan fingerprint density at radius 2 is 2.18 bits per heavy atom. The van der Waals surface area contributed by atoms with Crippen LogP contribution in [0.4, 0.5) is 0 Å². The van der Waals surface area contributed by atoms with Crippen LogP contribution in [0.2, 0.25) is 0 Å². The Morgan fingerprint density at radius 3 is 2.82 bits per heavy atom. The van der Waals surface area contributed by atoms with Crippen molar-refractivity contribution >= 4 is 17.7 Å². The number of aromatic nitrogens is 5. The Balaban J connectivity index is 1.99. The van der Waals surface area contributed by atoms with Gasteiger partial charge in [0.25, 0.3) is 5.95 Å². The summed E-state index contributed by atoms with van der Waals surface area (Å²) in [6, 6.07) is 1.93. The molecule has 22 heavy (non-hydrogen) atoms. The van der Waals surface area contributed by atoms with Gasteiger partial charge in [-0.05, 0) is 26.3 Å². The molecule has 120 valence electrons. The highest BCUT2D eigenvalue weighted by Crippen LogP contribution is 2.17. The van der Waals surface area contributed by atoms with Gasteiger partial charge in [-0.3, -0.25) is 4.79 Å². The van der Waals surface area contributed by atoms with E-state index in [0.717, 1.165) is 24.2 Å². The minimum atomic E-state index is -0.0332. The second-order valence-electron chi connectivity index (χ2n) is 4.98. The van der Waals surface area contributed by atoms with E-state index in [1.165, 1.54) is 16.4 Å². The largest absolute Gasteiger partial charge is 0.355 e. The molecule has 2 rings (SSSR count). The molecule has 8 nitrogen and oxygen atoms in total. The van der Waals surface area contributed by atoms with Crippen LogP contribution in [0, 0.1) is 13.8 Å². The van der Waals surface area contributed by atoms with E-state index in [4.69, 9.17) is 5.84 Å². The molecule has 2 aromatic rings. The first-order chi connectivity index (χ1) is 10.5. The summed E-state index contributed by atoms with van der Waals surface area (Å²) in [4.78, 5) is 11.7. The van der Waals surface area contributed by atoms with Crippen LogP contribution in [-0.4, -0.2) is 42.9 Å². The molecule has 9 heteroatoms. The van der Waals surface area contributed by atoms with E-state index in [2.05, 4.69) is 27.5 Å². The smallest absolute Gasteiger partial charge is 0.271 e. The summed E-state index contributed by atoms with van der Waals surface area (Å²) in [7, 11) is 0. The quantitative estimate of drug-likeness (QED) is 0.444. The number of amides is 1. The molecule has 0 aromatic carbocycles. The molecule has 0 bridgehead atoms. The number of nitrogens with two attached hydrogens (primary N) is 1. The van der Waals surface area contributed by atoms with Crippen molar-refractivity contribution in [2.75, 3.05) is 18.1 Å². The lowest BCUT2D eigenvalue weighted by Gasteiger charge is -2.05. The van der Waals surface area contributed by atoms with Crippen molar-refractivity contribution in [3.63, 3.8) is 0 Å². The van der Waals surface area contributed by atoms with E-state index >= 15 is 0 Å². The van der Waals surface area contributed by atoms with E-state index in [-0.39, 0.29) is 11.7 Å². The summed E-state index contributed by atoms with van der Waals surface area (Å²) in [5.41, 5.74) is 1.80. The number of nitrogens with zero attached hydrogens (tertiary/aromatic N) is 5. The third-order valence-corrected chi connectivity index (χ3v) is 3.97. The molecule has 0 spiro atoms. The molecule has 0 unspecified atom stereocenters. The molecule has 0 atom stereocenters. The van der Waals surface area contributed by atoms with Gasteiger partial charge in [0.1, 0.15) is 0 Å². The highest BCUT2D eigenvalue weighted by molar-refractivity contribution is 7.99. The molecule has 0 fully saturated rings. The van der Waals surface area contributed by atoms with Crippen molar-refractivity contribution < 1.29 is 4.79 Å². The molecule has 0 aliphatic rings. The van der Waals surface area contributed by atoms with Gasteiger partial charge in [0.15, 0.2) is 0 Å². The molecule has 2 aromatic heterocycles. The van der Waals surface area contributed by atoms with Crippen molar-refractivity contribution in [2.45, 2.75) is 38.8 Å². The number of carbonyl (C=O) groups excluding carboxylic acids is 1. The molecule has 0 saturated heterocycles. The number of rotatable bonds is 7. The third kappa shape index (κ3) is 3.79. The van der Waals surface area contributed by atoms with Crippen molar-refractivity contribution in [2.24, 2.45) is 0 Å². The van der Waals surface area contributed by atoms with Crippen LogP contribution >= 0.6 is 11.8 Å². The molecule has 0 aliphatic carbocycles. The fourth-order valence-electron chi connectivity index (χ4n) is 1.93. The number of hydrogen-bond donors (Lipinski definition) is 2. The van der Waals surface area contributed by atoms with Gasteiger partial charge in [-0.1, -0.05) is 25.1 Å². The predicted molar refractivity (Wildman–Crippen MR) is 85.4 cm³/mol. The fraction of sp³-hybridized carbons (Fsp3) is 0.538. The Kier molecular flexibility index (Phi) is 5.42. The molecular weight excluding hydrogens is 302 g/mol. The van der Waals surface area contributed by atoms with Gasteiger partial charge in [0.05, 0.1) is 11.4 Å². The average molecular weight is 323 g/mol. The summed E-state index contributed by atoms with van der Waals surface area (Å²) in [5.74, 6) is 6.66. The number of nitrogen functional groups attached to an aromatic ring is 1. The zero-order valence-electron chi connectivity index (χ0n) is 13.0. The van der Waals surface area contributed by atoms with Crippen molar-refractivity contribution in [1.29, 1.82) is 0 Å². The van der Waals surface area contributed by atoms with Gasteiger partial charge < -0.3 is 11.2 Å². The first-order valence-corrected chi connectivity index (χ1v) is 8.15. The van der Waals surface area contributed by atoms with E-state index in [1.54, 1.807) is 4.68 Å². The molecule has 0 radical (unpaired) electrons. The lowest BCUT2D eigenvalue weighted by Crippen LogP contribution is -2.26. The molecule has 0 saturated carbocycles. The Bertz CT molecular complexity index is 649. The number of carbonyl (C=O) groups is 1. The van der Waals surface area contributed by atoms with Gasteiger partial charge >= 0.3 is 0 Å². The molecule has 2 heterocycles. The SMILES string of the molecule is CCCCNC(=O)CSc1nnc(-n2nc(C)cc2C)n1N. The topological polar surface area (TPSA) is 104 Å². The summed E-state index contributed by atoms with van der Waals surface area (Å²) >= 11 is 1.25. The number of thioether (sulfide) groups is 1. The van der Waals surface area contributed by atoms with Crippen molar-refractivity contribution in [3.05, 3.63) is 17.5 Å².